The van der Waals surface area contributed by atoms with Crippen molar-refractivity contribution in [2.45, 2.75) is 26.1 Å². The smallest absolute Gasteiger partial charge is 0.322 e. The fourth-order valence-corrected chi connectivity index (χ4v) is 1.93. The quantitative estimate of drug-likeness (QED) is 0.781. The van der Waals surface area contributed by atoms with Crippen LogP contribution in [0.4, 0.5) is 11.9 Å². The second-order valence-corrected chi connectivity index (χ2v) is 4.14. The summed E-state index contributed by atoms with van der Waals surface area (Å²) in [6.07, 6.45) is 0.283. The molecule has 0 radical (unpaired) electrons. The lowest BCUT2D eigenvalue weighted by molar-refractivity contribution is -0.00576. The highest BCUT2D eigenvalue weighted by Gasteiger charge is 2.24. The normalized spacial score (nSPS) is 24.8. The van der Waals surface area contributed by atoms with Crippen LogP contribution in [0.15, 0.2) is 0 Å². The summed E-state index contributed by atoms with van der Waals surface area (Å²) in [6.45, 7) is 5.50. The van der Waals surface area contributed by atoms with Crippen molar-refractivity contribution < 1.29 is 9.47 Å². The Morgan fingerprint density at radius 3 is 2.47 bits per heavy atom. The minimum Gasteiger partial charge on any atom is -0.467 e. The lowest BCUT2D eigenvalue weighted by Crippen LogP contribution is -2.46. The van der Waals surface area contributed by atoms with E-state index in [-0.39, 0.29) is 24.2 Å². The van der Waals surface area contributed by atoms with Crippen molar-refractivity contribution in [2.24, 2.45) is 0 Å². The summed E-state index contributed by atoms with van der Waals surface area (Å²) in [5, 5.41) is 0. The number of nitrogens with two attached hydrogens (primary N) is 1. The Balaban J connectivity index is 2.23. The summed E-state index contributed by atoms with van der Waals surface area (Å²) in [4.78, 5) is 14.2. The van der Waals surface area contributed by atoms with Crippen molar-refractivity contribution in [3.63, 3.8) is 0 Å². The maximum Gasteiger partial charge on any atom is 0.322 e. The molecule has 1 saturated heterocycles. The predicted molar refractivity (Wildman–Crippen MR) is 63.0 cm³/mol. The van der Waals surface area contributed by atoms with Gasteiger partial charge in [-0.15, -0.1) is 0 Å². The molecule has 0 bridgehead atoms. The molecule has 2 atom stereocenters. The third kappa shape index (κ3) is 2.73. The van der Waals surface area contributed by atoms with E-state index < -0.39 is 0 Å². The zero-order valence-corrected chi connectivity index (χ0v) is 10.3. The molecule has 1 aromatic heterocycles. The minimum absolute atomic E-state index is 0.141. The number of rotatable bonds is 2. The van der Waals surface area contributed by atoms with Gasteiger partial charge in [0.2, 0.25) is 11.9 Å². The van der Waals surface area contributed by atoms with Crippen molar-refractivity contribution >= 4 is 11.9 Å². The second-order valence-electron chi connectivity index (χ2n) is 4.14. The van der Waals surface area contributed by atoms with Gasteiger partial charge < -0.3 is 20.1 Å². The molecule has 7 nitrogen and oxygen atoms in total. The van der Waals surface area contributed by atoms with Gasteiger partial charge in [-0.25, -0.2) is 0 Å². The van der Waals surface area contributed by atoms with Gasteiger partial charge in [-0.3, -0.25) is 0 Å². The Labute approximate surface area is 100.0 Å². The lowest BCUT2D eigenvalue weighted by atomic mass is 10.2. The van der Waals surface area contributed by atoms with Crippen LogP contribution in [0.1, 0.15) is 13.8 Å². The van der Waals surface area contributed by atoms with E-state index in [2.05, 4.69) is 15.0 Å². The standard InChI is InChI=1S/C10H17N5O2/c1-6-4-15(5-7(2)17-6)9-12-8(11)13-10(14-9)16-3/h6-7H,4-5H2,1-3H3,(H2,11,12,13,14)/t6-,7+. The van der Waals surface area contributed by atoms with E-state index in [4.69, 9.17) is 15.2 Å². The molecule has 1 aliphatic rings. The number of hydrogen-bond acceptors (Lipinski definition) is 7. The molecule has 1 aliphatic heterocycles. The van der Waals surface area contributed by atoms with Gasteiger partial charge in [0.05, 0.1) is 19.3 Å². The fourth-order valence-electron chi connectivity index (χ4n) is 1.93. The number of morpholine rings is 1. The number of hydrogen-bond donors (Lipinski definition) is 1. The largest absolute Gasteiger partial charge is 0.467 e. The van der Waals surface area contributed by atoms with Crippen molar-refractivity contribution in [1.29, 1.82) is 0 Å². The summed E-state index contributed by atoms with van der Waals surface area (Å²) in [5.74, 6) is 0.704. The van der Waals surface area contributed by atoms with E-state index in [0.717, 1.165) is 13.1 Å². The Kier molecular flexibility index (Phi) is 3.28. The topological polar surface area (TPSA) is 86.4 Å². The van der Waals surface area contributed by atoms with Gasteiger partial charge in [-0.1, -0.05) is 0 Å². The summed E-state index contributed by atoms with van der Waals surface area (Å²) in [5.41, 5.74) is 5.61. The van der Waals surface area contributed by atoms with Gasteiger partial charge in [-0.05, 0) is 13.8 Å². The van der Waals surface area contributed by atoms with Crippen LogP contribution in [-0.4, -0.2) is 47.4 Å². The summed E-state index contributed by atoms with van der Waals surface area (Å²) >= 11 is 0. The van der Waals surface area contributed by atoms with Gasteiger partial charge in [0.1, 0.15) is 0 Å². The third-order valence-electron chi connectivity index (χ3n) is 2.51. The molecule has 0 aliphatic carbocycles. The van der Waals surface area contributed by atoms with Crippen LogP contribution in [0.3, 0.4) is 0 Å². The van der Waals surface area contributed by atoms with Gasteiger partial charge in [-0.2, -0.15) is 15.0 Å². The average molecular weight is 239 g/mol. The van der Waals surface area contributed by atoms with Crippen LogP contribution in [0.2, 0.25) is 0 Å². The van der Waals surface area contributed by atoms with Crippen LogP contribution < -0.4 is 15.4 Å². The molecule has 0 saturated carbocycles. The molecule has 1 aromatic rings. The fraction of sp³-hybridized carbons (Fsp3) is 0.700. The monoisotopic (exact) mass is 239 g/mol. The summed E-state index contributed by atoms with van der Waals surface area (Å²) in [6, 6.07) is 0.235. The van der Waals surface area contributed by atoms with Crippen LogP contribution in [0.5, 0.6) is 6.01 Å². The number of nitrogens with zero attached hydrogens (tertiary/aromatic N) is 4. The molecule has 2 heterocycles. The molecular weight excluding hydrogens is 222 g/mol. The van der Waals surface area contributed by atoms with E-state index in [0.29, 0.717) is 5.95 Å². The average Bonchev–Trinajstić information content (AvgIpc) is 2.26. The van der Waals surface area contributed by atoms with Gasteiger partial charge in [0.25, 0.3) is 0 Å². The van der Waals surface area contributed by atoms with Crippen LogP contribution in [-0.2, 0) is 4.74 Å². The predicted octanol–water partition coefficient (Wildman–Crippen LogP) is 0.0760. The van der Waals surface area contributed by atoms with Crippen molar-refractivity contribution in [2.75, 3.05) is 30.8 Å². The molecular formula is C10H17N5O2. The van der Waals surface area contributed by atoms with Crippen molar-refractivity contribution in [3.05, 3.63) is 0 Å². The van der Waals surface area contributed by atoms with Gasteiger partial charge >= 0.3 is 6.01 Å². The lowest BCUT2D eigenvalue weighted by Gasteiger charge is -2.35. The van der Waals surface area contributed by atoms with Crippen molar-refractivity contribution in [3.8, 4) is 6.01 Å². The van der Waals surface area contributed by atoms with Gasteiger partial charge in [0.15, 0.2) is 0 Å². The molecule has 7 heteroatoms. The third-order valence-corrected chi connectivity index (χ3v) is 2.51. The zero-order chi connectivity index (χ0) is 12.4. The highest BCUT2D eigenvalue weighted by Crippen LogP contribution is 2.18. The van der Waals surface area contributed by atoms with Crippen molar-refractivity contribution in [1.82, 2.24) is 15.0 Å². The molecule has 94 valence electrons. The summed E-state index contributed by atoms with van der Waals surface area (Å²) in [7, 11) is 1.50. The molecule has 0 amide bonds. The second kappa shape index (κ2) is 4.70. The number of anilines is 2. The first-order chi connectivity index (χ1) is 8.08. The maximum absolute atomic E-state index is 5.65. The highest BCUT2D eigenvalue weighted by atomic mass is 16.5. The Morgan fingerprint density at radius 1 is 1.24 bits per heavy atom. The zero-order valence-electron chi connectivity index (χ0n) is 10.3. The van der Waals surface area contributed by atoms with Crippen LogP contribution >= 0.6 is 0 Å². The van der Waals surface area contributed by atoms with E-state index in [1.165, 1.54) is 7.11 Å². The first kappa shape index (κ1) is 11.8. The van der Waals surface area contributed by atoms with E-state index in [9.17, 15) is 0 Å². The number of methoxy groups -OCH3 is 1. The number of aromatic nitrogens is 3. The molecule has 17 heavy (non-hydrogen) atoms. The first-order valence-electron chi connectivity index (χ1n) is 5.54. The SMILES string of the molecule is COc1nc(N)nc(N2C[C@@H](C)O[C@@H](C)C2)n1. The van der Waals surface area contributed by atoms with E-state index in [1.807, 2.05) is 18.7 Å². The Bertz CT molecular complexity index is 390. The molecule has 0 spiro atoms. The maximum atomic E-state index is 5.65. The summed E-state index contributed by atoms with van der Waals surface area (Å²) < 4.78 is 10.6. The Morgan fingerprint density at radius 2 is 1.88 bits per heavy atom. The van der Waals surface area contributed by atoms with Gasteiger partial charge in [0, 0.05) is 13.1 Å². The number of nitrogen functional groups attached to an aromatic ring is 1. The number of ether oxygens (including phenoxy) is 2. The minimum atomic E-state index is 0.141. The van der Waals surface area contributed by atoms with E-state index in [1.54, 1.807) is 0 Å². The molecule has 2 rings (SSSR count). The molecule has 0 aromatic carbocycles. The molecule has 0 unspecified atom stereocenters. The Hall–Kier alpha value is -1.63. The van der Waals surface area contributed by atoms with Crippen LogP contribution in [0, 0.1) is 0 Å². The first-order valence-corrected chi connectivity index (χ1v) is 5.54. The molecule has 2 N–H and O–H groups in total. The highest BCUT2D eigenvalue weighted by molar-refractivity contribution is 5.36. The molecule has 1 fully saturated rings. The van der Waals surface area contributed by atoms with E-state index >= 15 is 0 Å². The van der Waals surface area contributed by atoms with Crippen LogP contribution in [0.25, 0.3) is 0 Å².